The molecule has 0 aromatic rings. The van der Waals surface area contributed by atoms with E-state index in [-0.39, 0.29) is 24.3 Å². The molecule has 108 valence electrons. The Bertz CT molecular complexity index is 333. The van der Waals surface area contributed by atoms with E-state index >= 15 is 0 Å². The number of ether oxygens (including phenoxy) is 1. The van der Waals surface area contributed by atoms with Crippen molar-refractivity contribution in [1.29, 1.82) is 0 Å². The normalized spacial score (nSPS) is 23.8. The standard InChI is InChI=1S/C13H22N2O4/c1-3-5-10(13(17)18)15-12(16)9-7-19-8-11(9)14-6-4-2/h3,9-11,14H,1,4-8H2,2H3,(H,15,16)(H,17,18). The van der Waals surface area contributed by atoms with Crippen LogP contribution in [0.15, 0.2) is 12.7 Å². The van der Waals surface area contributed by atoms with Gasteiger partial charge in [-0.1, -0.05) is 13.0 Å². The molecule has 19 heavy (non-hydrogen) atoms. The molecular formula is C13H22N2O4. The molecule has 1 rings (SSSR count). The van der Waals surface area contributed by atoms with E-state index in [1.54, 1.807) is 0 Å². The molecule has 1 aliphatic rings. The summed E-state index contributed by atoms with van der Waals surface area (Å²) in [5.41, 5.74) is 0. The fourth-order valence-electron chi connectivity index (χ4n) is 2.01. The summed E-state index contributed by atoms with van der Waals surface area (Å²) in [6, 6.07) is -0.962. The molecule has 3 atom stereocenters. The van der Waals surface area contributed by atoms with Gasteiger partial charge in [0.1, 0.15) is 6.04 Å². The van der Waals surface area contributed by atoms with Crippen molar-refractivity contribution in [2.75, 3.05) is 19.8 Å². The Morgan fingerprint density at radius 2 is 2.26 bits per heavy atom. The van der Waals surface area contributed by atoms with Gasteiger partial charge in [-0.2, -0.15) is 0 Å². The molecule has 6 nitrogen and oxygen atoms in total. The summed E-state index contributed by atoms with van der Waals surface area (Å²) in [5, 5.41) is 14.8. The third kappa shape index (κ3) is 4.65. The summed E-state index contributed by atoms with van der Waals surface area (Å²) in [5.74, 6) is -1.66. The van der Waals surface area contributed by atoms with E-state index in [9.17, 15) is 9.59 Å². The van der Waals surface area contributed by atoms with E-state index in [1.807, 2.05) is 6.92 Å². The molecule has 3 N–H and O–H groups in total. The van der Waals surface area contributed by atoms with Crippen LogP contribution in [-0.4, -0.2) is 48.8 Å². The van der Waals surface area contributed by atoms with Gasteiger partial charge in [0.15, 0.2) is 0 Å². The van der Waals surface area contributed by atoms with Crippen LogP contribution in [0.1, 0.15) is 19.8 Å². The van der Waals surface area contributed by atoms with Gasteiger partial charge in [-0.25, -0.2) is 4.79 Å². The zero-order chi connectivity index (χ0) is 14.3. The van der Waals surface area contributed by atoms with Gasteiger partial charge < -0.3 is 20.5 Å². The third-order valence-corrected chi connectivity index (χ3v) is 3.09. The molecular weight excluding hydrogens is 248 g/mol. The highest BCUT2D eigenvalue weighted by Gasteiger charge is 2.35. The zero-order valence-electron chi connectivity index (χ0n) is 11.2. The van der Waals surface area contributed by atoms with Crippen LogP contribution in [-0.2, 0) is 14.3 Å². The molecule has 1 amide bonds. The van der Waals surface area contributed by atoms with Gasteiger partial charge in [0.05, 0.1) is 19.1 Å². The highest BCUT2D eigenvalue weighted by atomic mass is 16.5. The summed E-state index contributed by atoms with van der Waals surface area (Å²) in [4.78, 5) is 23.1. The first kappa shape index (κ1) is 15.7. The largest absolute Gasteiger partial charge is 0.480 e. The van der Waals surface area contributed by atoms with Crippen LogP contribution >= 0.6 is 0 Å². The van der Waals surface area contributed by atoms with Gasteiger partial charge in [-0.3, -0.25) is 4.79 Å². The number of carbonyl (C=O) groups excluding carboxylic acids is 1. The maximum atomic E-state index is 12.1. The molecule has 1 saturated heterocycles. The van der Waals surface area contributed by atoms with Crippen LogP contribution in [0, 0.1) is 5.92 Å². The minimum Gasteiger partial charge on any atom is -0.480 e. The van der Waals surface area contributed by atoms with Crippen LogP contribution < -0.4 is 10.6 Å². The molecule has 1 aliphatic heterocycles. The predicted molar refractivity (Wildman–Crippen MR) is 70.8 cm³/mol. The van der Waals surface area contributed by atoms with Crippen LogP contribution in [0.3, 0.4) is 0 Å². The lowest BCUT2D eigenvalue weighted by molar-refractivity contribution is -0.142. The van der Waals surface area contributed by atoms with Crippen molar-refractivity contribution >= 4 is 11.9 Å². The Balaban J connectivity index is 2.55. The van der Waals surface area contributed by atoms with Gasteiger partial charge in [0.2, 0.25) is 5.91 Å². The van der Waals surface area contributed by atoms with E-state index in [4.69, 9.17) is 9.84 Å². The maximum absolute atomic E-state index is 12.1. The third-order valence-electron chi connectivity index (χ3n) is 3.09. The Kier molecular flexibility index (Phi) is 6.52. The Morgan fingerprint density at radius 3 is 2.84 bits per heavy atom. The summed E-state index contributed by atoms with van der Waals surface area (Å²) in [7, 11) is 0. The SMILES string of the molecule is C=CCC(NC(=O)C1COCC1NCCC)C(=O)O. The smallest absolute Gasteiger partial charge is 0.326 e. The second-order valence-electron chi connectivity index (χ2n) is 4.63. The van der Waals surface area contributed by atoms with Crippen molar-refractivity contribution < 1.29 is 19.4 Å². The minimum atomic E-state index is -1.05. The molecule has 0 bridgehead atoms. The average molecular weight is 270 g/mol. The lowest BCUT2D eigenvalue weighted by Gasteiger charge is -2.20. The van der Waals surface area contributed by atoms with Crippen LogP contribution in [0.4, 0.5) is 0 Å². The molecule has 3 unspecified atom stereocenters. The van der Waals surface area contributed by atoms with Gasteiger partial charge in [0, 0.05) is 6.04 Å². The zero-order valence-corrected chi connectivity index (χ0v) is 11.2. The summed E-state index contributed by atoms with van der Waals surface area (Å²) < 4.78 is 5.30. The van der Waals surface area contributed by atoms with Crippen molar-refractivity contribution in [1.82, 2.24) is 10.6 Å². The number of carboxylic acid groups (broad SMARTS) is 1. The van der Waals surface area contributed by atoms with Gasteiger partial charge >= 0.3 is 5.97 Å². The molecule has 6 heteroatoms. The van der Waals surface area contributed by atoms with E-state index in [1.165, 1.54) is 6.08 Å². The Morgan fingerprint density at radius 1 is 1.53 bits per heavy atom. The highest BCUT2D eigenvalue weighted by Crippen LogP contribution is 2.14. The van der Waals surface area contributed by atoms with Crippen molar-refractivity contribution in [2.24, 2.45) is 5.92 Å². The number of carbonyl (C=O) groups is 2. The first-order chi connectivity index (χ1) is 9.10. The van der Waals surface area contributed by atoms with E-state index < -0.39 is 12.0 Å². The van der Waals surface area contributed by atoms with Gasteiger partial charge in [-0.15, -0.1) is 6.58 Å². The number of hydrogen-bond donors (Lipinski definition) is 3. The lowest BCUT2D eigenvalue weighted by Crippen LogP contribution is -2.49. The fourth-order valence-corrected chi connectivity index (χ4v) is 2.01. The lowest BCUT2D eigenvalue weighted by atomic mass is 10.0. The fraction of sp³-hybridized carbons (Fsp3) is 0.692. The van der Waals surface area contributed by atoms with Crippen molar-refractivity contribution in [3.05, 3.63) is 12.7 Å². The summed E-state index contributed by atoms with van der Waals surface area (Å²) in [6.45, 7) is 7.16. The number of rotatable bonds is 8. The van der Waals surface area contributed by atoms with Crippen LogP contribution in [0.2, 0.25) is 0 Å². The van der Waals surface area contributed by atoms with Crippen LogP contribution in [0.25, 0.3) is 0 Å². The number of carboxylic acids is 1. The van der Waals surface area contributed by atoms with E-state index in [0.717, 1.165) is 13.0 Å². The second kappa shape index (κ2) is 7.91. The summed E-state index contributed by atoms with van der Waals surface area (Å²) in [6.07, 6.45) is 2.66. The molecule has 1 fully saturated rings. The molecule has 0 radical (unpaired) electrons. The monoisotopic (exact) mass is 270 g/mol. The maximum Gasteiger partial charge on any atom is 0.326 e. The highest BCUT2D eigenvalue weighted by molar-refractivity contribution is 5.85. The van der Waals surface area contributed by atoms with Gasteiger partial charge in [0.25, 0.3) is 0 Å². The minimum absolute atomic E-state index is 0.0434. The quantitative estimate of drug-likeness (QED) is 0.546. The molecule has 0 aromatic heterocycles. The number of nitrogens with one attached hydrogen (secondary N) is 2. The summed E-state index contributed by atoms with van der Waals surface area (Å²) >= 11 is 0. The van der Waals surface area contributed by atoms with Crippen molar-refractivity contribution in [3.63, 3.8) is 0 Å². The number of aliphatic carboxylic acids is 1. The first-order valence-electron chi connectivity index (χ1n) is 6.55. The Labute approximate surface area is 113 Å². The number of amides is 1. The second-order valence-corrected chi connectivity index (χ2v) is 4.63. The van der Waals surface area contributed by atoms with Crippen LogP contribution in [0.5, 0.6) is 0 Å². The van der Waals surface area contributed by atoms with Crippen molar-refractivity contribution in [3.8, 4) is 0 Å². The molecule has 0 aliphatic carbocycles. The van der Waals surface area contributed by atoms with E-state index in [0.29, 0.717) is 13.2 Å². The predicted octanol–water partition coefficient (Wildman–Crippen LogP) is 0.147. The average Bonchev–Trinajstić information content (AvgIpc) is 2.83. The molecule has 1 heterocycles. The topological polar surface area (TPSA) is 87.7 Å². The first-order valence-corrected chi connectivity index (χ1v) is 6.55. The molecule has 0 aromatic carbocycles. The number of hydrogen-bond acceptors (Lipinski definition) is 4. The molecule has 0 saturated carbocycles. The van der Waals surface area contributed by atoms with Crippen molar-refractivity contribution in [2.45, 2.75) is 31.8 Å². The van der Waals surface area contributed by atoms with E-state index in [2.05, 4.69) is 17.2 Å². The molecule has 0 spiro atoms. The van der Waals surface area contributed by atoms with Gasteiger partial charge in [-0.05, 0) is 19.4 Å². The Hall–Kier alpha value is -1.40.